The zero-order valence-electron chi connectivity index (χ0n) is 36.2. The molecule has 1 atom stereocenters. The van der Waals surface area contributed by atoms with E-state index in [1.165, 1.54) is 6.20 Å². The summed E-state index contributed by atoms with van der Waals surface area (Å²) in [6.07, 6.45) is 13.2. The molecule has 6 aromatic rings. The lowest BCUT2D eigenvalue weighted by atomic mass is 10.0. The molecule has 0 bridgehead atoms. The maximum absolute atomic E-state index is 12.8. The Morgan fingerprint density at radius 2 is 1.30 bits per heavy atom. The first-order chi connectivity index (χ1) is 29.3. The standard InChI is InChI=1S/C22H28N4O3.C15H20N4O2.C7H11N3O/c1-4-29-21-11-22-23-18(9-16-6-8-28-14-16)13-25(22)12-17(21)10-20(27)19-5-7-26(24-19)15(2)3;1-4-21-14-8-15(16)17-9-11(14)7-13(20)12-5-6-19(18-12)10(2)3;1-2-11-6-3-7(9)10-4-5(6)8/h5,7,11-13,15-16H,4,6,8-10,14H2,1-3H3;5-6,8-10H,4,7H2,1-3H3,(H2,16,17);3-4H,2,8H2,1H3,(H2,9,10). The van der Waals surface area contributed by atoms with Gasteiger partial charge in [0.2, 0.25) is 0 Å². The van der Waals surface area contributed by atoms with Crippen molar-refractivity contribution in [2.24, 2.45) is 5.92 Å². The van der Waals surface area contributed by atoms with E-state index in [4.69, 9.17) is 41.1 Å². The first-order valence-electron chi connectivity index (χ1n) is 20.7. The van der Waals surface area contributed by atoms with Crippen LogP contribution in [0.25, 0.3) is 5.65 Å². The smallest absolute Gasteiger partial charge is 0.187 e. The Bertz CT molecular complexity index is 2360. The van der Waals surface area contributed by atoms with Crippen LogP contribution in [0.3, 0.4) is 0 Å². The molecule has 0 saturated carbocycles. The first kappa shape index (κ1) is 45.6. The minimum atomic E-state index is -0.0677. The Hall–Kier alpha value is -6.49. The molecule has 0 radical (unpaired) electrons. The van der Waals surface area contributed by atoms with Gasteiger partial charge in [0.05, 0.1) is 37.4 Å². The van der Waals surface area contributed by atoms with Gasteiger partial charge >= 0.3 is 0 Å². The lowest BCUT2D eigenvalue weighted by Gasteiger charge is -2.10. The summed E-state index contributed by atoms with van der Waals surface area (Å²) >= 11 is 0. The second kappa shape index (κ2) is 21.7. The summed E-state index contributed by atoms with van der Waals surface area (Å²) in [5, 5.41) is 8.68. The zero-order valence-corrected chi connectivity index (χ0v) is 36.2. The highest BCUT2D eigenvalue weighted by Gasteiger charge is 2.20. The summed E-state index contributed by atoms with van der Waals surface area (Å²) in [5.74, 6) is 3.14. The van der Waals surface area contributed by atoms with Gasteiger partial charge in [0.1, 0.15) is 45.9 Å². The number of hydrogen-bond donors (Lipinski definition) is 3. The highest BCUT2D eigenvalue weighted by Crippen LogP contribution is 2.26. The number of nitrogens with two attached hydrogens (primary N) is 3. The van der Waals surface area contributed by atoms with E-state index < -0.39 is 0 Å². The molecule has 1 fully saturated rings. The molecule has 0 aliphatic carbocycles. The number of rotatable bonds is 16. The Labute approximate surface area is 356 Å². The van der Waals surface area contributed by atoms with Crippen LogP contribution in [-0.4, -0.2) is 83.5 Å². The highest BCUT2D eigenvalue weighted by atomic mass is 16.5. The van der Waals surface area contributed by atoms with Crippen LogP contribution in [0.15, 0.2) is 67.5 Å². The van der Waals surface area contributed by atoms with Crippen LogP contribution in [0.2, 0.25) is 0 Å². The Morgan fingerprint density at radius 1 is 0.754 bits per heavy atom. The highest BCUT2D eigenvalue weighted by molar-refractivity contribution is 5.96. The number of carbonyl (C=O) groups is 2. The van der Waals surface area contributed by atoms with E-state index in [2.05, 4.69) is 20.2 Å². The average Bonchev–Trinajstić information content (AvgIpc) is 4.06. The van der Waals surface area contributed by atoms with Gasteiger partial charge in [0, 0.05) is 98.4 Å². The SMILES string of the molecule is CCOc1cc(N)ncc1CC(=O)c1ccn(C(C)C)n1.CCOc1cc(N)ncc1N.CCOc1cc2nc(CC3CCOC3)cn2cc1CC(=O)c1ccn(C(C)C)n1. The second-order valence-electron chi connectivity index (χ2n) is 15.0. The van der Waals surface area contributed by atoms with E-state index in [1.807, 2.05) is 83.7 Å². The van der Waals surface area contributed by atoms with Crippen LogP contribution in [0.1, 0.15) is 105 Å². The van der Waals surface area contributed by atoms with Gasteiger partial charge in [-0.05, 0) is 79.4 Å². The molecule has 6 aromatic heterocycles. The predicted octanol–water partition coefficient (Wildman–Crippen LogP) is 6.42. The third-order valence-electron chi connectivity index (χ3n) is 9.53. The van der Waals surface area contributed by atoms with E-state index >= 15 is 0 Å². The molecule has 1 aliphatic rings. The normalized spacial score (nSPS) is 13.4. The molecule has 17 heteroatoms. The number of hydrogen-bond acceptors (Lipinski definition) is 14. The largest absolute Gasteiger partial charge is 0.493 e. The summed E-state index contributed by atoms with van der Waals surface area (Å²) in [6.45, 7) is 17.1. The second-order valence-corrected chi connectivity index (χ2v) is 15.0. The van der Waals surface area contributed by atoms with Gasteiger partial charge < -0.3 is 40.5 Å². The number of imidazole rings is 1. The number of carbonyl (C=O) groups excluding carboxylic acids is 2. The molecule has 0 spiro atoms. The van der Waals surface area contributed by atoms with Crippen LogP contribution in [0.4, 0.5) is 17.3 Å². The van der Waals surface area contributed by atoms with Crippen molar-refractivity contribution in [3.8, 4) is 17.2 Å². The van der Waals surface area contributed by atoms with Crippen LogP contribution in [-0.2, 0) is 24.0 Å². The third kappa shape index (κ3) is 12.8. The molecule has 1 aliphatic heterocycles. The molecule has 17 nitrogen and oxygen atoms in total. The number of anilines is 3. The lowest BCUT2D eigenvalue weighted by Crippen LogP contribution is -2.09. The lowest BCUT2D eigenvalue weighted by molar-refractivity contribution is 0.0978. The van der Waals surface area contributed by atoms with Gasteiger partial charge in [-0.2, -0.15) is 10.2 Å². The van der Waals surface area contributed by atoms with Gasteiger partial charge in [-0.15, -0.1) is 0 Å². The van der Waals surface area contributed by atoms with Crippen molar-refractivity contribution in [3.05, 3.63) is 95.7 Å². The molecule has 1 unspecified atom stereocenters. The third-order valence-corrected chi connectivity index (χ3v) is 9.53. The van der Waals surface area contributed by atoms with Crippen LogP contribution in [0.5, 0.6) is 17.2 Å². The molecule has 6 N–H and O–H groups in total. The van der Waals surface area contributed by atoms with Crippen LogP contribution in [0, 0.1) is 5.92 Å². The van der Waals surface area contributed by atoms with E-state index in [0.29, 0.717) is 71.7 Å². The molecule has 7 heterocycles. The summed E-state index contributed by atoms with van der Waals surface area (Å²) in [4.78, 5) is 37.7. The van der Waals surface area contributed by atoms with Crippen molar-refractivity contribution in [2.75, 3.05) is 50.2 Å². The fourth-order valence-corrected chi connectivity index (χ4v) is 6.40. The number of nitrogen functional groups attached to an aromatic ring is 3. The number of aromatic nitrogens is 8. The summed E-state index contributed by atoms with van der Waals surface area (Å²) in [6, 6.07) is 9.13. The van der Waals surface area contributed by atoms with Gasteiger partial charge in [0.25, 0.3) is 0 Å². The number of pyridine rings is 3. The molecule has 0 aromatic carbocycles. The van der Waals surface area contributed by atoms with Crippen LogP contribution >= 0.6 is 0 Å². The number of fused-ring (bicyclic) bond motifs is 1. The molecular formula is C44H59N11O6. The van der Waals surface area contributed by atoms with Crippen molar-refractivity contribution in [2.45, 2.75) is 86.2 Å². The Morgan fingerprint density at radius 3 is 1.84 bits per heavy atom. The monoisotopic (exact) mass is 837 g/mol. The summed E-state index contributed by atoms with van der Waals surface area (Å²) in [5.41, 5.74) is 21.5. The zero-order chi connectivity index (χ0) is 44.1. The molecule has 7 rings (SSSR count). The number of Topliss-reactive ketones (excluding diaryl/α,β-unsaturated/α-hetero) is 2. The van der Waals surface area contributed by atoms with Crippen molar-refractivity contribution in [1.29, 1.82) is 0 Å². The van der Waals surface area contributed by atoms with Crippen molar-refractivity contribution in [3.63, 3.8) is 0 Å². The molecule has 61 heavy (non-hydrogen) atoms. The van der Waals surface area contributed by atoms with Gasteiger partial charge in [-0.1, -0.05) is 0 Å². The predicted molar refractivity (Wildman–Crippen MR) is 234 cm³/mol. The molecule has 1 saturated heterocycles. The number of ketones is 2. The maximum Gasteiger partial charge on any atom is 0.187 e. The fraction of sp³-hybridized carbons (Fsp3) is 0.432. The van der Waals surface area contributed by atoms with Gasteiger partial charge in [-0.3, -0.25) is 19.0 Å². The number of nitrogens with zero attached hydrogens (tertiary/aromatic N) is 8. The van der Waals surface area contributed by atoms with E-state index in [1.54, 1.807) is 39.8 Å². The minimum absolute atomic E-state index is 0.0202. The quantitative estimate of drug-likeness (QED) is 0.0894. The van der Waals surface area contributed by atoms with Crippen molar-refractivity contribution >= 4 is 34.5 Å². The summed E-state index contributed by atoms with van der Waals surface area (Å²) < 4.78 is 27.5. The van der Waals surface area contributed by atoms with Crippen LogP contribution < -0.4 is 31.4 Å². The number of ether oxygens (including phenoxy) is 4. The van der Waals surface area contributed by atoms with Gasteiger partial charge in [-0.25, -0.2) is 15.0 Å². The Balaban J connectivity index is 0.000000192. The van der Waals surface area contributed by atoms with E-state index in [0.717, 1.165) is 48.5 Å². The minimum Gasteiger partial charge on any atom is -0.493 e. The van der Waals surface area contributed by atoms with Crippen molar-refractivity contribution < 1.29 is 28.5 Å². The molecule has 0 amide bonds. The molecule has 326 valence electrons. The maximum atomic E-state index is 12.8. The fourth-order valence-electron chi connectivity index (χ4n) is 6.40. The average molecular weight is 838 g/mol. The first-order valence-corrected chi connectivity index (χ1v) is 20.7. The van der Waals surface area contributed by atoms with Gasteiger partial charge in [0.15, 0.2) is 11.6 Å². The summed E-state index contributed by atoms with van der Waals surface area (Å²) in [7, 11) is 0. The Kier molecular flexibility index (Phi) is 16.2. The van der Waals surface area contributed by atoms with E-state index in [9.17, 15) is 9.59 Å². The van der Waals surface area contributed by atoms with E-state index in [-0.39, 0.29) is 36.5 Å². The molecular weight excluding hydrogens is 779 g/mol. The topological polar surface area (TPSA) is 228 Å². The van der Waals surface area contributed by atoms with Crippen molar-refractivity contribution in [1.82, 2.24) is 38.9 Å².